The molecule has 86 valence electrons. The predicted molar refractivity (Wildman–Crippen MR) is 55.2 cm³/mol. The number of carbonyl (C=O) groups is 2. The second-order valence-electron chi connectivity index (χ2n) is 2.73. The van der Waals surface area contributed by atoms with Crippen molar-refractivity contribution in [1.29, 1.82) is 0 Å². The van der Waals surface area contributed by atoms with E-state index in [1.807, 2.05) is 0 Å². The van der Waals surface area contributed by atoms with Crippen molar-refractivity contribution in [1.82, 2.24) is 0 Å². The Morgan fingerprint density at radius 2 is 1.94 bits per heavy atom. The number of hydrogen-bond donors (Lipinski definition) is 0. The average molecular weight is 313 g/mol. The molecule has 0 unspecified atom stereocenters. The first-order chi connectivity index (χ1) is 7.34. The first kappa shape index (κ1) is 13.1. The Morgan fingerprint density at radius 1 is 1.38 bits per heavy atom. The Bertz CT molecular complexity index is 476. The molecule has 0 saturated heterocycles. The van der Waals surface area contributed by atoms with E-state index in [0.717, 1.165) is 13.0 Å². The Kier molecular flexibility index (Phi) is 3.98. The topological polar surface area (TPSA) is 43.4 Å². The van der Waals surface area contributed by atoms with Gasteiger partial charge in [0.2, 0.25) is 0 Å². The molecule has 0 bridgehead atoms. The van der Waals surface area contributed by atoms with Gasteiger partial charge in [0, 0.05) is 6.92 Å². The van der Waals surface area contributed by atoms with E-state index in [1.54, 1.807) is 0 Å². The molecule has 1 rings (SSSR count). The highest BCUT2D eigenvalue weighted by molar-refractivity contribution is 9.10. The molecule has 3 nitrogen and oxygen atoms in total. The van der Waals surface area contributed by atoms with Crippen molar-refractivity contribution in [3.05, 3.63) is 32.8 Å². The maximum atomic E-state index is 13.3. The summed E-state index contributed by atoms with van der Waals surface area (Å²) in [4.78, 5) is 21.7. The van der Waals surface area contributed by atoms with E-state index in [-0.39, 0.29) is 4.47 Å². The van der Waals surface area contributed by atoms with Gasteiger partial charge in [0.05, 0.1) is 10.0 Å². The quantitative estimate of drug-likeness (QED) is 0.346. The van der Waals surface area contributed by atoms with E-state index < -0.39 is 34.2 Å². The van der Waals surface area contributed by atoms with Crippen LogP contribution >= 0.6 is 27.5 Å². The van der Waals surface area contributed by atoms with E-state index in [4.69, 9.17) is 11.6 Å². The summed E-state index contributed by atoms with van der Waals surface area (Å²) in [5, 5.41) is -0.843. The largest absolute Gasteiger partial charge is 0.390 e. The normalized spacial score (nSPS) is 10.1. The maximum Gasteiger partial charge on any atom is 0.348 e. The molecule has 7 heteroatoms. The number of hydrogen-bond acceptors (Lipinski definition) is 3. The summed E-state index contributed by atoms with van der Waals surface area (Å²) >= 11 is 8.04. The van der Waals surface area contributed by atoms with Crippen molar-refractivity contribution in [2.24, 2.45) is 0 Å². The molecule has 0 aliphatic carbocycles. The van der Waals surface area contributed by atoms with Crippen LogP contribution in [0.25, 0.3) is 0 Å². The van der Waals surface area contributed by atoms with E-state index in [2.05, 4.69) is 20.7 Å². The van der Waals surface area contributed by atoms with Crippen molar-refractivity contribution in [2.75, 3.05) is 0 Å². The molecule has 0 atom stereocenters. The van der Waals surface area contributed by atoms with Crippen LogP contribution in [-0.2, 0) is 9.53 Å². The lowest BCUT2D eigenvalue weighted by Crippen LogP contribution is -2.12. The third kappa shape index (κ3) is 2.56. The average Bonchev–Trinajstić information content (AvgIpc) is 2.19. The first-order valence-corrected chi connectivity index (χ1v) is 5.07. The molecule has 0 fully saturated rings. The van der Waals surface area contributed by atoms with Gasteiger partial charge in [0.1, 0.15) is 5.02 Å². The number of rotatable bonds is 1. The van der Waals surface area contributed by atoms with E-state index >= 15 is 0 Å². The Balaban J connectivity index is 3.25. The summed E-state index contributed by atoms with van der Waals surface area (Å²) in [6.07, 6.45) is 0. The summed E-state index contributed by atoms with van der Waals surface area (Å²) in [6.45, 7) is 0.982. The lowest BCUT2D eigenvalue weighted by molar-refractivity contribution is -0.135. The molecule has 0 aliphatic heterocycles. The van der Waals surface area contributed by atoms with Crippen molar-refractivity contribution in [2.45, 2.75) is 6.92 Å². The zero-order valence-electron chi connectivity index (χ0n) is 7.81. The standard InChI is InChI=1S/C9H4BrClF2O3/c1-3(14)16-9(15)4-2-5(10)8(13)6(11)7(4)12/h2H,1H3. The molecule has 0 radical (unpaired) electrons. The van der Waals surface area contributed by atoms with Gasteiger partial charge < -0.3 is 4.74 Å². The van der Waals surface area contributed by atoms with Crippen LogP contribution < -0.4 is 0 Å². The van der Waals surface area contributed by atoms with Crippen LogP contribution in [0.1, 0.15) is 17.3 Å². The summed E-state index contributed by atoms with van der Waals surface area (Å²) in [7, 11) is 0. The lowest BCUT2D eigenvalue weighted by Gasteiger charge is -2.05. The predicted octanol–water partition coefficient (Wildman–Crippen LogP) is 3.08. The number of esters is 2. The van der Waals surface area contributed by atoms with Crippen LogP contribution in [0.4, 0.5) is 8.78 Å². The van der Waals surface area contributed by atoms with Gasteiger partial charge in [0.25, 0.3) is 0 Å². The molecule has 0 saturated carbocycles. The van der Waals surface area contributed by atoms with E-state index in [9.17, 15) is 18.4 Å². The zero-order chi connectivity index (χ0) is 12.5. The Hall–Kier alpha value is -1.01. The molecule has 1 aromatic rings. The minimum atomic E-state index is -1.27. The Morgan fingerprint density at radius 3 is 2.44 bits per heavy atom. The minimum Gasteiger partial charge on any atom is -0.390 e. The number of benzene rings is 1. The summed E-state index contributed by atoms with van der Waals surface area (Å²) in [5.74, 6) is -4.43. The van der Waals surface area contributed by atoms with Crippen molar-refractivity contribution >= 4 is 39.5 Å². The van der Waals surface area contributed by atoms with Gasteiger partial charge in [-0.15, -0.1) is 0 Å². The molecule has 16 heavy (non-hydrogen) atoms. The van der Waals surface area contributed by atoms with Gasteiger partial charge in [0.15, 0.2) is 11.6 Å². The van der Waals surface area contributed by atoms with Crippen LogP contribution in [0.5, 0.6) is 0 Å². The molecular weight excluding hydrogens is 309 g/mol. The maximum absolute atomic E-state index is 13.3. The minimum absolute atomic E-state index is 0.200. The number of halogens is 4. The van der Waals surface area contributed by atoms with Crippen LogP contribution in [0, 0.1) is 11.6 Å². The number of ether oxygens (including phenoxy) is 1. The third-order valence-corrected chi connectivity index (χ3v) is 2.47. The highest BCUT2D eigenvalue weighted by Gasteiger charge is 2.22. The van der Waals surface area contributed by atoms with E-state index in [1.165, 1.54) is 0 Å². The monoisotopic (exact) mass is 312 g/mol. The van der Waals surface area contributed by atoms with Gasteiger partial charge in [-0.1, -0.05) is 11.6 Å². The van der Waals surface area contributed by atoms with E-state index in [0.29, 0.717) is 0 Å². The van der Waals surface area contributed by atoms with Crippen molar-refractivity contribution in [3.8, 4) is 0 Å². The van der Waals surface area contributed by atoms with Crippen LogP contribution in [-0.4, -0.2) is 11.9 Å². The van der Waals surface area contributed by atoms with Crippen LogP contribution in [0.3, 0.4) is 0 Å². The van der Waals surface area contributed by atoms with Gasteiger partial charge in [-0.3, -0.25) is 4.79 Å². The number of carbonyl (C=O) groups excluding carboxylic acids is 2. The summed E-state index contributed by atoms with van der Waals surface area (Å²) in [6, 6.07) is 0.849. The summed E-state index contributed by atoms with van der Waals surface area (Å²) in [5.41, 5.74) is -0.617. The van der Waals surface area contributed by atoms with Gasteiger partial charge in [-0.05, 0) is 22.0 Å². The second kappa shape index (κ2) is 4.88. The molecule has 0 aromatic heterocycles. The SMILES string of the molecule is CC(=O)OC(=O)c1cc(Br)c(F)c(Cl)c1F. The molecular formula is C9H4BrClF2O3. The van der Waals surface area contributed by atoms with Crippen LogP contribution in [0.2, 0.25) is 5.02 Å². The van der Waals surface area contributed by atoms with Gasteiger partial charge >= 0.3 is 11.9 Å². The fourth-order valence-corrected chi connectivity index (χ4v) is 1.65. The second-order valence-corrected chi connectivity index (χ2v) is 3.96. The molecule has 0 aliphatic rings. The molecule has 0 amide bonds. The van der Waals surface area contributed by atoms with Gasteiger partial charge in [-0.25, -0.2) is 13.6 Å². The molecule has 0 spiro atoms. The zero-order valence-corrected chi connectivity index (χ0v) is 10.2. The highest BCUT2D eigenvalue weighted by Crippen LogP contribution is 2.29. The molecule has 0 N–H and O–H groups in total. The fourth-order valence-electron chi connectivity index (χ4n) is 0.907. The third-order valence-electron chi connectivity index (χ3n) is 1.56. The fraction of sp³-hybridized carbons (Fsp3) is 0.111. The van der Waals surface area contributed by atoms with Crippen LogP contribution in [0.15, 0.2) is 10.5 Å². The smallest absolute Gasteiger partial charge is 0.348 e. The lowest BCUT2D eigenvalue weighted by atomic mass is 10.2. The first-order valence-electron chi connectivity index (χ1n) is 3.90. The van der Waals surface area contributed by atoms with Gasteiger partial charge in [-0.2, -0.15) is 0 Å². The summed E-state index contributed by atoms with van der Waals surface area (Å²) < 4.78 is 30.3. The van der Waals surface area contributed by atoms with Crippen molar-refractivity contribution in [3.63, 3.8) is 0 Å². The Labute approximate surface area is 102 Å². The highest BCUT2D eigenvalue weighted by atomic mass is 79.9. The molecule has 0 heterocycles. The van der Waals surface area contributed by atoms with Crippen molar-refractivity contribution < 1.29 is 23.1 Å². The molecule has 1 aromatic carbocycles.